The molecule has 220 valence electrons. The first kappa shape index (κ1) is 28.4. The van der Waals surface area contributed by atoms with Crippen molar-refractivity contribution in [2.75, 3.05) is 10.4 Å². The van der Waals surface area contributed by atoms with E-state index >= 15 is 0 Å². The molecular formula is C32H25BrCl2N2O6. The number of carbonyl (C=O) groups is 4. The van der Waals surface area contributed by atoms with Crippen molar-refractivity contribution in [3.05, 3.63) is 83.7 Å². The van der Waals surface area contributed by atoms with Gasteiger partial charge < -0.3 is 9.84 Å². The van der Waals surface area contributed by atoms with E-state index in [-0.39, 0.29) is 42.3 Å². The maximum absolute atomic E-state index is 14.1. The molecule has 2 saturated heterocycles. The number of hydrogen-bond acceptors (Lipinski definition) is 6. The first-order chi connectivity index (χ1) is 20.5. The smallest absolute Gasteiger partial charge is 0.254 e. The normalized spacial score (nSPS) is 32.8. The van der Waals surface area contributed by atoms with Crippen LogP contribution in [0, 0.1) is 23.7 Å². The number of likely N-dealkylation sites (tertiary alicyclic amines) is 1. The molecule has 4 amide bonds. The van der Waals surface area contributed by atoms with Crippen LogP contribution in [0.1, 0.15) is 24.0 Å². The molecule has 6 atom stereocenters. The number of carbonyl (C=O) groups excluding carboxylic acids is 4. The molecule has 7 rings (SSSR count). The quantitative estimate of drug-likeness (QED) is 0.203. The maximum Gasteiger partial charge on any atom is 0.254 e. The molecule has 43 heavy (non-hydrogen) atoms. The van der Waals surface area contributed by atoms with Gasteiger partial charge in [0.05, 0.1) is 29.2 Å². The Hall–Kier alpha value is -3.40. The van der Waals surface area contributed by atoms with Crippen molar-refractivity contribution in [1.82, 2.24) is 4.90 Å². The lowest BCUT2D eigenvalue weighted by atomic mass is 9.56. The molecule has 2 aliphatic carbocycles. The van der Waals surface area contributed by atoms with Crippen LogP contribution in [-0.4, -0.2) is 48.8 Å². The summed E-state index contributed by atoms with van der Waals surface area (Å²) in [5, 5.41) is 10.1. The lowest BCUT2D eigenvalue weighted by Gasteiger charge is -2.51. The van der Waals surface area contributed by atoms with E-state index in [0.29, 0.717) is 28.1 Å². The fourth-order valence-electron chi connectivity index (χ4n) is 7.58. The molecule has 5 aliphatic rings. The summed E-state index contributed by atoms with van der Waals surface area (Å²) in [5.41, 5.74) is 3.14. The summed E-state index contributed by atoms with van der Waals surface area (Å²) >= 11 is 17.8. The lowest BCUT2D eigenvalue weighted by molar-refractivity contribution is -0.138. The van der Waals surface area contributed by atoms with E-state index in [9.17, 15) is 24.3 Å². The van der Waals surface area contributed by atoms with E-state index in [0.717, 1.165) is 10.5 Å². The number of rotatable bonds is 4. The first-order valence-corrected chi connectivity index (χ1v) is 15.7. The summed E-state index contributed by atoms with van der Waals surface area (Å²) in [6.45, 7) is 3.75. The van der Waals surface area contributed by atoms with Crippen LogP contribution in [0.3, 0.4) is 0 Å². The maximum atomic E-state index is 14.1. The number of phenols is 1. The van der Waals surface area contributed by atoms with Gasteiger partial charge in [-0.2, -0.15) is 0 Å². The number of hydrogen-bond donors (Lipinski definition) is 1. The molecule has 11 heteroatoms. The van der Waals surface area contributed by atoms with Crippen molar-refractivity contribution in [3.8, 4) is 11.5 Å². The van der Waals surface area contributed by atoms with Gasteiger partial charge in [0.15, 0.2) is 9.75 Å². The van der Waals surface area contributed by atoms with Gasteiger partial charge in [-0.3, -0.25) is 29.0 Å². The average molecular weight is 684 g/mol. The van der Waals surface area contributed by atoms with Crippen LogP contribution in [-0.2, 0) is 25.6 Å². The van der Waals surface area contributed by atoms with Gasteiger partial charge in [0.2, 0.25) is 11.8 Å². The number of ether oxygens (including phenoxy) is 1. The second kappa shape index (κ2) is 9.81. The number of benzene rings is 2. The minimum atomic E-state index is -1.91. The monoisotopic (exact) mass is 682 g/mol. The SMILES string of the molecule is C=Cc1ccc(N2C(=O)C3CC=C4C(CC5(Cl)C(=O)N(CBr)C(=O)C5(Cl)C4C4=COc5ccc(O)cc5C4)C3C2=O)cc1. The standard InChI is InChI=1S/C32H25BrCl2N2O6/c1-2-16-3-5-19(6-4-16)37-27(39)22-9-8-21-23(25(22)28(37)40)13-31(34)29(41)36(15-33)30(42)32(31,35)26(21)18-11-17-12-20(38)7-10-24(17)43-14-18/h2-8,10,12,14,22-23,25-26,38H,1,9,11,13,15H2. The Morgan fingerprint density at radius 1 is 1.05 bits per heavy atom. The zero-order valence-electron chi connectivity index (χ0n) is 22.6. The number of allylic oxidation sites excluding steroid dienone is 3. The summed E-state index contributed by atoms with van der Waals surface area (Å²) in [6.07, 6.45) is 5.51. The number of alkyl halides is 3. The van der Waals surface area contributed by atoms with Crippen LogP contribution in [0.15, 0.2) is 72.5 Å². The summed E-state index contributed by atoms with van der Waals surface area (Å²) in [5.74, 6) is -4.41. The Balaban J connectivity index is 1.35. The molecule has 3 heterocycles. The topological polar surface area (TPSA) is 104 Å². The lowest BCUT2D eigenvalue weighted by Crippen LogP contribution is -2.61. The molecular weight excluding hydrogens is 659 g/mol. The van der Waals surface area contributed by atoms with Gasteiger partial charge in [0.1, 0.15) is 11.5 Å². The summed E-state index contributed by atoms with van der Waals surface area (Å²) in [7, 11) is 0. The van der Waals surface area contributed by atoms with E-state index in [1.54, 1.807) is 42.5 Å². The number of nitrogens with zero attached hydrogens (tertiary/aromatic N) is 2. The second-order valence-corrected chi connectivity index (χ2v) is 13.3. The number of amides is 4. The predicted molar refractivity (Wildman–Crippen MR) is 164 cm³/mol. The van der Waals surface area contributed by atoms with Gasteiger partial charge in [-0.25, -0.2) is 0 Å². The highest BCUT2D eigenvalue weighted by molar-refractivity contribution is 9.09. The molecule has 1 N–H and O–H groups in total. The molecule has 0 spiro atoms. The number of anilines is 1. The number of aromatic hydroxyl groups is 1. The van der Waals surface area contributed by atoms with Crippen LogP contribution in [0.25, 0.3) is 6.08 Å². The molecule has 6 unspecified atom stereocenters. The van der Waals surface area contributed by atoms with E-state index in [1.807, 2.05) is 6.08 Å². The van der Waals surface area contributed by atoms with Gasteiger partial charge >= 0.3 is 0 Å². The predicted octanol–water partition coefficient (Wildman–Crippen LogP) is 5.30. The second-order valence-electron chi connectivity index (χ2n) is 11.6. The van der Waals surface area contributed by atoms with Gasteiger partial charge in [0.25, 0.3) is 11.8 Å². The van der Waals surface area contributed by atoms with E-state index in [1.165, 1.54) is 17.2 Å². The zero-order valence-corrected chi connectivity index (χ0v) is 25.7. The molecule has 2 aromatic rings. The Kier molecular flexibility index (Phi) is 6.47. The molecule has 3 fully saturated rings. The number of halogens is 3. The first-order valence-electron chi connectivity index (χ1n) is 13.8. The number of phenolic OH excluding ortho intramolecular Hbond substituents is 1. The molecule has 8 nitrogen and oxygen atoms in total. The third-order valence-electron chi connectivity index (χ3n) is 9.55. The van der Waals surface area contributed by atoms with Crippen molar-refractivity contribution >= 4 is 74.5 Å². The zero-order chi connectivity index (χ0) is 30.4. The highest BCUT2D eigenvalue weighted by Gasteiger charge is 2.76. The molecule has 0 radical (unpaired) electrons. The van der Waals surface area contributed by atoms with Gasteiger partial charge in [-0.05, 0) is 60.2 Å². The van der Waals surface area contributed by atoms with Crippen molar-refractivity contribution in [2.24, 2.45) is 23.7 Å². The van der Waals surface area contributed by atoms with Gasteiger partial charge in [0, 0.05) is 17.9 Å². The Labute approximate surface area is 265 Å². The van der Waals surface area contributed by atoms with Gasteiger partial charge in [-0.15, -0.1) is 23.2 Å². The molecule has 0 aromatic heterocycles. The molecule has 3 aliphatic heterocycles. The molecule has 1 saturated carbocycles. The van der Waals surface area contributed by atoms with Crippen LogP contribution in [0.2, 0.25) is 0 Å². The average Bonchev–Trinajstić information content (AvgIpc) is 3.34. The van der Waals surface area contributed by atoms with Crippen LogP contribution in [0.4, 0.5) is 5.69 Å². The van der Waals surface area contributed by atoms with Crippen LogP contribution in [0.5, 0.6) is 11.5 Å². The summed E-state index contributed by atoms with van der Waals surface area (Å²) < 4.78 is 5.93. The minimum absolute atomic E-state index is 0.0472. The van der Waals surface area contributed by atoms with Crippen molar-refractivity contribution in [1.29, 1.82) is 0 Å². The fraction of sp³-hybridized carbons (Fsp3) is 0.312. The fourth-order valence-corrected chi connectivity index (χ4v) is 9.02. The van der Waals surface area contributed by atoms with Crippen LogP contribution >= 0.6 is 39.1 Å². The number of imide groups is 2. The minimum Gasteiger partial charge on any atom is -0.508 e. The van der Waals surface area contributed by atoms with Crippen molar-refractivity contribution in [2.45, 2.75) is 29.0 Å². The van der Waals surface area contributed by atoms with E-state index in [4.69, 9.17) is 27.9 Å². The van der Waals surface area contributed by atoms with E-state index in [2.05, 4.69) is 22.5 Å². The van der Waals surface area contributed by atoms with Crippen LogP contribution < -0.4 is 9.64 Å². The summed E-state index contributed by atoms with van der Waals surface area (Å²) in [4.78, 5) is 54.0. The summed E-state index contributed by atoms with van der Waals surface area (Å²) in [6, 6.07) is 11.7. The molecule has 2 aromatic carbocycles. The van der Waals surface area contributed by atoms with Gasteiger partial charge in [-0.1, -0.05) is 52.4 Å². The number of fused-ring (bicyclic) bond motifs is 5. The Morgan fingerprint density at radius 2 is 1.79 bits per heavy atom. The Morgan fingerprint density at radius 3 is 2.49 bits per heavy atom. The highest BCUT2D eigenvalue weighted by atomic mass is 79.9. The van der Waals surface area contributed by atoms with Crippen molar-refractivity contribution < 1.29 is 29.0 Å². The Bertz CT molecular complexity index is 1710. The third kappa shape index (κ3) is 3.74. The largest absolute Gasteiger partial charge is 0.508 e. The highest BCUT2D eigenvalue weighted by Crippen LogP contribution is 2.65. The third-order valence-corrected chi connectivity index (χ3v) is 11.5. The van der Waals surface area contributed by atoms with E-state index < -0.39 is 45.2 Å². The molecule has 0 bridgehead atoms. The van der Waals surface area contributed by atoms with Crippen molar-refractivity contribution in [3.63, 3.8) is 0 Å².